The van der Waals surface area contributed by atoms with Crippen molar-refractivity contribution < 1.29 is 127 Å². The fourth-order valence-electron chi connectivity index (χ4n) is 13.8. The van der Waals surface area contributed by atoms with Crippen molar-refractivity contribution in [1.82, 2.24) is 84.2 Å². The summed E-state index contributed by atoms with van der Waals surface area (Å²) in [5.41, 5.74) is 2.85. The topological polar surface area (TPSA) is 644 Å². The Balaban J connectivity index is 1.29. The van der Waals surface area contributed by atoms with Crippen LogP contribution in [0.2, 0.25) is 0 Å². The monoisotopic (exact) mass is 1850 g/mol. The molecule has 0 saturated carbocycles. The molecule has 0 radical (unpaired) electrons. The number of urea groups is 2. The number of carbonyl (C=O) groups excluding carboxylic acids is 10. The molecule has 0 fully saturated rings. The molecule has 4 rings (SSSR count). The van der Waals surface area contributed by atoms with Crippen molar-refractivity contribution in [2.24, 2.45) is 0 Å². The number of rotatable bonds is 73. The molecule has 726 valence electrons. The maximum atomic E-state index is 14.6. The lowest BCUT2D eigenvalue weighted by Gasteiger charge is -2.28. The molecule has 22 N–H and O–H groups in total. The van der Waals surface area contributed by atoms with E-state index in [0.717, 1.165) is 24.0 Å². The Labute approximate surface area is 765 Å². The van der Waals surface area contributed by atoms with Crippen LogP contribution in [0.4, 0.5) is 9.59 Å². The molecule has 0 saturated heterocycles. The molecule has 12 amide bonds. The summed E-state index contributed by atoms with van der Waals surface area (Å²) in [7, 11) is 0. The molecule has 4 aromatic rings. The first-order valence-corrected chi connectivity index (χ1v) is 44.5. The normalized spacial score (nSPS) is 12.8. The van der Waals surface area contributed by atoms with Crippen LogP contribution in [-0.4, -0.2) is 298 Å². The molecule has 0 bridgehead atoms. The number of amides is 12. The Hall–Kier alpha value is -13.2. The number of carboxylic acid groups (broad SMARTS) is 8. The first kappa shape index (κ1) is 111. The zero-order chi connectivity index (χ0) is 96.8. The zero-order valence-electron chi connectivity index (χ0n) is 74.3. The van der Waals surface area contributed by atoms with Crippen molar-refractivity contribution in [2.45, 2.75) is 215 Å². The lowest BCUT2D eigenvalue weighted by atomic mass is 10.0. The number of unbranched alkanes of at least 4 members (excludes halogenated alkanes) is 10. The maximum Gasteiger partial charge on any atom is 0.326 e. The Kier molecular flexibility index (Phi) is 55.0. The Morgan fingerprint density at radius 1 is 0.242 bits per heavy atom. The van der Waals surface area contributed by atoms with E-state index in [0.29, 0.717) is 75.3 Å². The number of hydrogen-bond acceptors (Lipinski definition) is 22. The van der Waals surface area contributed by atoms with Gasteiger partial charge < -0.3 is 115 Å². The highest BCUT2D eigenvalue weighted by Gasteiger charge is 2.33. The van der Waals surface area contributed by atoms with Crippen LogP contribution in [0, 0.1) is 0 Å². The minimum atomic E-state index is -1.55. The largest absolute Gasteiger partial charge is 0.481 e. The minimum absolute atomic E-state index is 0.000459. The average Bonchev–Trinajstić information content (AvgIpc) is 0.832. The van der Waals surface area contributed by atoms with Crippen molar-refractivity contribution >= 4 is 107 Å². The third kappa shape index (κ3) is 51.8. The van der Waals surface area contributed by atoms with Crippen molar-refractivity contribution in [3.05, 3.63) is 144 Å². The molecule has 0 aliphatic carbocycles. The molecule has 0 aliphatic rings. The summed E-state index contributed by atoms with van der Waals surface area (Å²) >= 11 is 0. The van der Waals surface area contributed by atoms with Crippen LogP contribution >= 0.6 is 0 Å². The van der Waals surface area contributed by atoms with Crippen molar-refractivity contribution in [1.29, 1.82) is 0 Å². The highest BCUT2D eigenvalue weighted by Crippen LogP contribution is 2.15. The van der Waals surface area contributed by atoms with Gasteiger partial charge in [-0.25, -0.2) is 28.8 Å². The van der Waals surface area contributed by atoms with Crippen LogP contribution in [0.15, 0.2) is 121 Å². The fourth-order valence-corrected chi connectivity index (χ4v) is 13.8. The quantitative estimate of drug-likeness (QED) is 0.0278. The molecule has 0 heterocycles. The number of carboxylic acids is 8. The summed E-state index contributed by atoms with van der Waals surface area (Å²) in [5, 5.41) is 112. The first-order chi connectivity index (χ1) is 63.2. The summed E-state index contributed by atoms with van der Waals surface area (Å²) in [6.07, 6.45) is 6.56. The third-order valence-corrected chi connectivity index (χ3v) is 20.9. The molecule has 0 spiro atoms. The number of carbonyl (C=O) groups is 18. The Morgan fingerprint density at radius 3 is 0.886 bits per heavy atom. The number of nitrogens with one attached hydrogen (secondary N) is 14. The molecule has 8 unspecified atom stereocenters. The molecule has 42 heteroatoms. The molecule has 0 aromatic heterocycles. The number of nitrogens with zero attached hydrogens (tertiary/aromatic N) is 2. The van der Waals surface area contributed by atoms with Crippen LogP contribution in [0.1, 0.15) is 164 Å². The molecule has 42 nitrogen and oxygen atoms in total. The van der Waals surface area contributed by atoms with Gasteiger partial charge in [-0.05, 0) is 99.3 Å². The van der Waals surface area contributed by atoms with Gasteiger partial charge in [0.05, 0.1) is 26.2 Å². The Morgan fingerprint density at radius 2 is 0.545 bits per heavy atom. The minimum Gasteiger partial charge on any atom is -0.481 e. The summed E-state index contributed by atoms with van der Waals surface area (Å²) in [5.74, 6) is -14.5. The van der Waals surface area contributed by atoms with E-state index in [2.05, 4.69) is 74.4 Å². The number of hydrogen-bond donors (Lipinski definition) is 22. The van der Waals surface area contributed by atoms with Gasteiger partial charge in [0.15, 0.2) is 0 Å². The van der Waals surface area contributed by atoms with E-state index >= 15 is 0 Å². The fraction of sp³-hybridized carbons (Fsp3) is 0.533. The second-order valence-electron chi connectivity index (χ2n) is 31.8. The summed E-state index contributed by atoms with van der Waals surface area (Å²) < 4.78 is 0. The predicted octanol–water partition coefficient (Wildman–Crippen LogP) is 1.48. The lowest BCUT2D eigenvalue weighted by Crippen LogP contribution is -2.56. The van der Waals surface area contributed by atoms with Crippen LogP contribution in [-0.2, 0) is 102 Å². The van der Waals surface area contributed by atoms with Crippen LogP contribution in [0.25, 0.3) is 0 Å². The van der Waals surface area contributed by atoms with Crippen LogP contribution < -0.4 is 74.4 Å². The molecular weight excluding hydrogens is 1720 g/mol. The van der Waals surface area contributed by atoms with Gasteiger partial charge in [-0.2, -0.15) is 0 Å². The SMILES string of the molecule is O=C(O)CCC(NC(=O)NC(CCCCNC(=O)CCCCCCCNC(=O)C(Cc1ccccc1)NC(=O)C(Cc1ccccc1)NC(=O)CNCCN(CCN(CCNCC(=O)O)CC(=O)NC(Cc1ccccc1)C(=O)NC(Cc1ccccc1)C(=O)NCCCCCCCC(=O)NCCCCC(NC(=O)NC(CCC(=O)O)C(=O)O)C(=O)O)CC(=O)O)C(=O)O)C(=O)O. The molecule has 8 atom stereocenters. The van der Waals surface area contributed by atoms with Gasteiger partial charge in [0.2, 0.25) is 47.3 Å². The predicted molar refractivity (Wildman–Crippen MR) is 480 cm³/mol. The van der Waals surface area contributed by atoms with E-state index in [1.165, 1.54) is 0 Å². The van der Waals surface area contributed by atoms with Crippen molar-refractivity contribution in [3.63, 3.8) is 0 Å². The van der Waals surface area contributed by atoms with E-state index in [4.69, 9.17) is 10.2 Å². The summed E-state index contributed by atoms with van der Waals surface area (Å²) in [6, 6.07) is 23.1. The molecule has 4 aromatic carbocycles. The van der Waals surface area contributed by atoms with E-state index in [9.17, 15) is 117 Å². The average molecular weight is 1850 g/mol. The van der Waals surface area contributed by atoms with Crippen molar-refractivity contribution in [3.8, 4) is 0 Å². The number of benzene rings is 4. The summed E-state index contributed by atoms with van der Waals surface area (Å²) in [4.78, 5) is 230. The smallest absolute Gasteiger partial charge is 0.326 e. The van der Waals surface area contributed by atoms with Crippen LogP contribution in [0.3, 0.4) is 0 Å². The van der Waals surface area contributed by atoms with E-state index in [1.807, 2.05) is 18.2 Å². The third-order valence-electron chi connectivity index (χ3n) is 20.9. The van der Waals surface area contributed by atoms with E-state index in [-0.39, 0.29) is 155 Å². The van der Waals surface area contributed by atoms with Gasteiger partial charge in [-0.15, -0.1) is 0 Å². The molecule has 132 heavy (non-hydrogen) atoms. The van der Waals surface area contributed by atoms with Gasteiger partial charge in [-0.1, -0.05) is 160 Å². The van der Waals surface area contributed by atoms with Gasteiger partial charge >= 0.3 is 59.8 Å². The maximum absolute atomic E-state index is 14.6. The first-order valence-electron chi connectivity index (χ1n) is 44.5. The van der Waals surface area contributed by atoms with E-state index in [1.54, 1.807) is 113 Å². The molecule has 0 aliphatic heterocycles. The molecular formula is C90H130N16O26. The lowest BCUT2D eigenvalue weighted by molar-refractivity contribution is -0.142. The van der Waals surface area contributed by atoms with E-state index < -0.39 is 182 Å². The highest BCUT2D eigenvalue weighted by molar-refractivity contribution is 5.94. The van der Waals surface area contributed by atoms with Crippen molar-refractivity contribution in [2.75, 3.05) is 91.6 Å². The van der Waals surface area contributed by atoms with Gasteiger partial charge in [0.1, 0.15) is 48.3 Å². The van der Waals surface area contributed by atoms with Gasteiger partial charge in [-0.3, -0.25) is 67.3 Å². The Bertz CT molecular complexity index is 4280. The zero-order valence-corrected chi connectivity index (χ0v) is 74.3. The van der Waals surface area contributed by atoms with Gasteiger partial charge in [0.25, 0.3) is 0 Å². The second kappa shape index (κ2) is 65.3. The van der Waals surface area contributed by atoms with Crippen LogP contribution in [0.5, 0.6) is 0 Å². The standard InChI is InChI=1S/C90H130N16O26/c107-73(93-43-25-21-35-65(85(123)124)101-89(131)103-67(87(127)128)39-41-77(111)112)37-19-3-1-5-23-45-95-81(119)69(53-61-27-11-7-12-28-61)99-83(121)71(55-63-31-15-9-16-32-63)97-75(109)57-91-47-50-106(60-80(117)118)52-51-105(49-48-92-58-79(115)116)59-76(110)98-72(56-64-33-17-10-18-34-64)84(122)100-70(54-62-29-13-8-14-30-62)82(120)96-46-24-6-2-4-20-38-74(108)94-44-26-22-36-66(86(125)126)102-90(132)104-68(88(129)130)40-42-78(113)114/h7-18,27-34,65-72,91-92H,1-6,19-26,35-60H2,(H,93,107)(H,94,108)(H,95,119)(H,96,120)(H,97,109)(H,98,110)(H,99,121)(H,100,122)(H,111,112)(H,113,114)(H,115,116)(H,117,118)(H,123,124)(H,125,126)(H,127,128)(H,129,130)(H2,101,103,131)(H2,102,104,132). The number of aliphatic carboxylic acids is 8. The highest BCUT2D eigenvalue weighted by atomic mass is 16.4. The summed E-state index contributed by atoms with van der Waals surface area (Å²) in [6.45, 7) is -0.206. The van der Waals surface area contributed by atoms with Gasteiger partial charge in [0, 0.05) is 117 Å². The second-order valence-corrected chi connectivity index (χ2v) is 31.8.